The van der Waals surface area contributed by atoms with Crippen LogP contribution in [0.1, 0.15) is 11.1 Å². The van der Waals surface area contributed by atoms with Gasteiger partial charge in [0.1, 0.15) is 18.4 Å². The summed E-state index contributed by atoms with van der Waals surface area (Å²) >= 11 is 0. The highest BCUT2D eigenvalue weighted by Crippen LogP contribution is 2.33. The molecule has 3 rings (SSSR count). The summed E-state index contributed by atoms with van der Waals surface area (Å²) < 4.78 is 50.4. The topological polar surface area (TPSA) is 95.3 Å². The molecule has 3 aromatic rings. The first-order chi connectivity index (χ1) is 14.8. The molecule has 0 unspecified atom stereocenters. The van der Waals surface area contributed by atoms with E-state index in [1.807, 2.05) is 0 Å². The Labute approximate surface area is 174 Å². The van der Waals surface area contributed by atoms with Crippen LogP contribution < -0.4 is 10.1 Å². The van der Waals surface area contributed by atoms with Gasteiger partial charge in [0.25, 0.3) is 5.91 Å². The molecule has 0 aliphatic rings. The van der Waals surface area contributed by atoms with E-state index in [1.165, 1.54) is 24.4 Å². The summed E-state index contributed by atoms with van der Waals surface area (Å²) in [5.74, 6) is -0.920. The Morgan fingerprint density at radius 3 is 2.65 bits per heavy atom. The van der Waals surface area contributed by atoms with E-state index in [0.29, 0.717) is 11.3 Å². The molecule has 0 spiro atoms. The van der Waals surface area contributed by atoms with Gasteiger partial charge in [0.2, 0.25) is 0 Å². The Morgan fingerprint density at radius 1 is 1.16 bits per heavy atom. The Hall–Kier alpha value is -3.89. The summed E-state index contributed by atoms with van der Waals surface area (Å²) in [6.45, 7) is -0.671. The lowest BCUT2D eigenvalue weighted by Crippen LogP contribution is -2.23. The minimum absolute atomic E-state index is 0.0990. The number of hydrogen-bond donors (Lipinski definition) is 1. The summed E-state index contributed by atoms with van der Waals surface area (Å²) in [7, 11) is 1.49. The molecule has 1 amide bonds. The summed E-state index contributed by atoms with van der Waals surface area (Å²) in [4.78, 5) is 28.0. The quantitative estimate of drug-likeness (QED) is 0.575. The SMILES string of the molecule is COc1cccc(CC(=O)OCC(=O)Nc2cc(C(F)(F)F)ccc2-n2cncn2)c1. The van der Waals surface area contributed by atoms with E-state index in [4.69, 9.17) is 9.47 Å². The molecular weight excluding hydrogens is 417 g/mol. The molecule has 1 heterocycles. The van der Waals surface area contributed by atoms with E-state index < -0.39 is 30.2 Å². The lowest BCUT2D eigenvalue weighted by molar-refractivity contribution is -0.146. The minimum Gasteiger partial charge on any atom is -0.497 e. The molecule has 11 heteroatoms. The lowest BCUT2D eigenvalue weighted by atomic mass is 10.1. The average Bonchev–Trinajstić information content (AvgIpc) is 3.26. The molecule has 0 saturated heterocycles. The summed E-state index contributed by atoms with van der Waals surface area (Å²) in [6.07, 6.45) is -2.24. The third kappa shape index (κ3) is 5.81. The van der Waals surface area contributed by atoms with Crippen LogP contribution in [0.15, 0.2) is 55.1 Å². The van der Waals surface area contributed by atoms with Crippen molar-refractivity contribution in [1.82, 2.24) is 14.8 Å². The lowest BCUT2D eigenvalue weighted by Gasteiger charge is -2.14. The van der Waals surface area contributed by atoms with Crippen LogP contribution in [0.2, 0.25) is 0 Å². The number of amides is 1. The number of rotatable bonds is 7. The molecule has 31 heavy (non-hydrogen) atoms. The number of anilines is 1. The Morgan fingerprint density at radius 2 is 1.97 bits per heavy atom. The van der Waals surface area contributed by atoms with Gasteiger partial charge >= 0.3 is 12.1 Å². The van der Waals surface area contributed by atoms with Crippen LogP contribution in [0.3, 0.4) is 0 Å². The van der Waals surface area contributed by atoms with Crippen molar-refractivity contribution in [1.29, 1.82) is 0 Å². The van der Waals surface area contributed by atoms with Crippen molar-refractivity contribution in [2.24, 2.45) is 0 Å². The monoisotopic (exact) mass is 434 g/mol. The number of nitrogens with one attached hydrogen (secondary N) is 1. The van der Waals surface area contributed by atoms with E-state index in [9.17, 15) is 22.8 Å². The van der Waals surface area contributed by atoms with E-state index in [2.05, 4.69) is 15.4 Å². The first kappa shape index (κ1) is 21.8. The van der Waals surface area contributed by atoms with Crippen molar-refractivity contribution in [3.63, 3.8) is 0 Å². The molecule has 0 radical (unpaired) electrons. The minimum atomic E-state index is -4.61. The zero-order chi connectivity index (χ0) is 22.4. The summed E-state index contributed by atoms with van der Waals surface area (Å²) in [5.41, 5.74) is -0.325. The second-order valence-electron chi connectivity index (χ2n) is 6.31. The smallest absolute Gasteiger partial charge is 0.416 e. The van der Waals surface area contributed by atoms with Crippen molar-refractivity contribution in [3.05, 3.63) is 66.2 Å². The zero-order valence-corrected chi connectivity index (χ0v) is 16.2. The maximum atomic E-state index is 13.1. The van der Waals surface area contributed by atoms with Gasteiger partial charge in [-0.3, -0.25) is 9.59 Å². The third-order valence-electron chi connectivity index (χ3n) is 4.11. The number of hydrogen-bond acceptors (Lipinski definition) is 6. The first-order valence-electron chi connectivity index (χ1n) is 8.91. The van der Waals surface area contributed by atoms with Gasteiger partial charge in [0.15, 0.2) is 6.61 Å². The van der Waals surface area contributed by atoms with Gasteiger partial charge < -0.3 is 14.8 Å². The summed E-state index contributed by atoms with van der Waals surface area (Å²) in [5, 5.41) is 6.18. The molecule has 1 N–H and O–H groups in total. The van der Waals surface area contributed by atoms with Crippen LogP contribution in [0.25, 0.3) is 5.69 Å². The van der Waals surface area contributed by atoms with Gasteiger partial charge in [-0.2, -0.15) is 18.3 Å². The van der Waals surface area contributed by atoms with Gasteiger partial charge in [-0.15, -0.1) is 0 Å². The molecule has 0 aliphatic heterocycles. The Bertz CT molecular complexity index is 1070. The number of alkyl halides is 3. The highest BCUT2D eigenvalue weighted by Gasteiger charge is 2.31. The van der Waals surface area contributed by atoms with Crippen LogP contribution in [0, 0.1) is 0 Å². The number of methoxy groups -OCH3 is 1. The Balaban J connectivity index is 1.67. The molecule has 162 valence electrons. The average molecular weight is 434 g/mol. The van der Waals surface area contributed by atoms with Gasteiger partial charge in [-0.1, -0.05) is 12.1 Å². The highest BCUT2D eigenvalue weighted by molar-refractivity contribution is 5.94. The normalized spacial score (nSPS) is 11.1. The predicted octanol–water partition coefficient (Wildman–Crippen LogP) is 3.02. The fraction of sp³-hybridized carbons (Fsp3) is 0.200. The van der Waals surface area contributed by atoms with Crippen molar-refractivity contribution in [3.8, 4) is 11.4 Å². The number of aromatic nitrogens is 3. The van der Waals surface area contributed by atoms with Crippen LogP contribution in [-0.4, -0.2) is 40.4 Å². The van der Waals surface area contributed by atoms with E-state index in [0.717, 1.165) is 18.2 Å². The largest absolute Gasteiger partial charge is 0.497 e. The molecule has 0 aliphatic carbocycles. The molecule has 0 atom stereocenters. The maximum Gasteiger partial charge on any atom is 0.416 e. The van der Waals surface area contributed by atoms with Crippen LogP contribution in [-0.2, 0) is 26.9 Å². The number of ether oxygens (including phenoxy) is 2. The number of carbonyl (C=O) groups is 2. The van der Waals surface area contributed by atoms with Crippen LogP contribution in [0.4, 0.5) is 18.9 Å². The number of carbonyl (C=O) groups excluding carboxylic acids is 2. The number of benzene rings is 2. The van der Waals surface area contributed by atoms with E-state index in [-0.39, 0.29) is 17.8 Å². The highest BCUT2D eigenvalue weighted by atomic mass is 19.4. The van der Waals surface area contributed by atoms with Crippen molar-refractivity contribution in [2.45, 2.75) is 12.6 Å². The molecule has 0 fully saturated rings. The predicted molar refractivity (Wildman–Crippen MR) is 103 cm³/mol. The second kappa shape index (κ2) is 9.28. The number of esters is 1. The second-order valence-corrected chi connectivity index (χ2v) is 6.31. The molecule has 8 nitrogen and oxygen atoms in total. The number of halogens is 3. The fourth-order valence-corrected chi connectivity index (χ4v) is 2.68. The molecule has 0 bridgehead atoms. The molecule has 2 aromatic carbocycles. The zero-order valence-electron chi connectivity index (χ0n) is 16.2. The maximum absolute atomic E-state index is 13.1. The summed E-state index contributed by atoms with van der Waals surface area (Å²) in [6, 6.07) is 9.54. The number of nitrogens with zero attached hydrogens (tertiary/aromatic N) is 3. The van der Waals surface area contributed by atoms with E-state index >= 15 is 0 Å². The van der Waals surface area contributed by atoms with Gasteiger partial charge in [0, 0.05) is 0 Å². The van der Waals surface area contributed by atoms with Gasteiger partial charge in [0.05, 0.1) is 30.5 Å². The van der Waals surface area contributed by atoms with Crippen molar-refractivity contribution in [2.75, 3.05) is 19.0 Å². The molecule has 1 aromatic heterocycles. The molecule has 0 saturated carbocycles. The molecular formula is C20H17F3N4O4. The van der Waals surface area contributed by atoms with Crippen molar-refractivity contribution < 1.29 is 32.2 Å². The third-order valence-corrected chi connectivity index (χ3v) is 4.11. The Kier molecular flexibility index (Phi) is 6.53. The van der Waals surface area contributed by atoms with Crippen LogP contribution in [0.5, 0.6) is 5.75 Å². The van der Waals surface area contributed by atoms with Gasteiger partial charge in [-0.25, -0.2) is 9.67 Å². The first-order valence-corrected chi connectivity index (χ1v) is 8.91. The standard InChI is InChI=1S/C20H17F3N4O4/c1-30-15-4-2-3-13(7-15)8-19(29)31-10-18(28)26-16-9-14(20(21,22)23)5-6-17(16)27-12-24-11-25-27/h2-7,9,11-12H,8,10H2,1H3,(H,26,28). The van der Waals surface area contributed by atoms with Crippen molar-refractivity contribution >= 4 is 17.6 Å². The van der Waals surface area contributed by atoms with E-state index in [1.54, 1.807) is 24.3 Å². The fourth-order valence-electron chi connectivity index (χ4n) is 2.68. The van der Waals surface area contributed by atoms with Gasteiger partial charge in [-0.05, 0) is 35.9 Å². The van der Waals surface area contributed by atoms with Crippen LogP contribution >= 0.6 is 0 Å².